The van der Waals surface area contributed by atoms with Crippen molar-refractivity contribution >= 4 is 99.4 Å². The number of hydrogen-bond donors (Lipinski definition) is 5. The molecule has 1 aromatic carbocycles. The fourth-order valence-electron chi connectivity index (χ4n) is 4.41. The molecule has 0 fully saturated rings. The van der Waals surface area contributed by atoms with Gasteiger partial charge in [-0.1, -0.05) is 10.3 Å². The molecule has 4 rings (SSSR count). The Labute approximate surface area is 298 Å². The van der Waals surface area contributed by atoms with E-state index in [1.165, 1.54) is 7.11 Å². The Hall–Kier alpha value is -2.44. The fourth-order valence-corrected chi connectivity index (χ4v) is 7.71. The third-order valence-corrected chi connectivity index (χ3v) is 9.20. The van der Waals surface area contributed by atoms with Crippen molar-refractivity contribution in [3.8, 4) is 5.75 Å². The minimum absolute atomic E-state index is 0. The van der Waals surface area contributed by atoms with Gasteiger partial charge in [0, 0.05) is 44.2 Å². The average Bonchev–Trinajstić information content (AvgIpc) is 3.67. The van der Waals surface area contributed by atoms with E-state index in [2.05, 4.69) is 94.6 Å². The van der Waals surface area contributed by atoms with E-state index in [0.717, 1.165) is 5.69 Å². The number of benzene rings is 1. The second kappa shape index (κ2) is 16.9. The van der Waals surface area contributed by atoms with Gasteiger partial charge in [-0.25, -0.2) is 4.98 Å². The summed E-state index contributed by atoms with van der Waals surface area (Å²) in [5, 5.41) is 32.8. The molecule has 0 unspecified atom stereocenters. The van der Waals surface area contributed by atoms with E-state index in [0.29, 0.717) is 60.9 Å². The Morgan fingerprint density at radius 2 is 1.93 bits per heavy atom. The fraction of sp³-hybridized carbons (Fsp3) is 0.370. The highest BCUT2D eigenvalue weighted by atomic mass is 79.9. The predicted molar refractivity (Wildman–Crippen MR) is 182 cm³/mol. The number of methoxy groups -OCH3 is 1. The molecule has 45 heavy (non-hydrogen) atoms. The van der Waals surface area contributed by atoms with Crippen molar-refractivity contribution in [3.05, 3.63) is 65.7 Å². The number of rotatable bonds is 13. The highest BCUT2D eigenvalue weighted by molar-refractivity contribution is 9.12. The van der Waals surface area contributed by atoms with Crippen molar-refractivity contribution in [2.24, 2.45) is 10.3 Å². The van der Waals surface area contributed by atoms with E-state index >= 15 is 0 Å². The van der Waals surface area contributed by atoms with Gasteiger partial charge in [0.1, 0.15) is 29.0 Å². The Bertz CT molecular complexity index is 1500. The highest BCUT2D eigenvalue weighted by Gasteiger charge is 2.50. The molecule has 244 valence electrons. The zero-order valence-corrected chi connectivity index (χ0v) is 30.8. The number of nitrogens with one attached hydrogen (secondary N) is 3. The third-order valence-electron chi connectivity index (χ3n) is 6.64. The van der Waals surface area contributed by atoms with Crippen LogP contribution in [0.1, 0.15) is 24.1 Å². The average molecular weight is 905 g/mol. The molecule has 1 aliphatic carbocycles. The minimum Gasteiger partial charge on any atom is -0.495 e. The number of imidazole rings is 1. The zero-order valence-electron chi connectivity index (χ0n) is 23.6. The number of amides is 2. The van der Waals surface area contributed by atoms with Gasteiger partial charge >= 0.3 is 0 Å². The molecule has 2 aliphatic rings. The maximum atomic E-state index is 12.7. The summed E-state index contributed by atoms with van der Waals surface area (Å²) in [7, 11) is 1.48. The first-order valence-corrected chi connectivity index (χ1v) is 16.4. The lowest BCUT2D eigenvalue weighted by Crippen LogP contribution is -2.45. The molecule has 1 spiro atoms. The number of carbonyl (C=O) groups excluding carboxylic acids is 2. The summed E-state index contributed by atoms with van der Waals surface area (Å²) in [4.78, 5) is 37.6. The first-order chi connectivity index (χ1) is 21.1. The van der Waals surface area contributed by atoms with Crippen LogP contribution >= 0.6 is 76.1 Å². The first-order valence-electron chi connectivity index (χ1n) is 13.2. The lowest BCUT2D eigenvalue weighted by atomic mass is 9.87. The summed E-state index contributed by atoms with van der Waals surface area (Å²) in [6.45, 7) is 0.953. The molecule has 2 atom stereocenters. The number of H-pyrrole nitrogens is 1. The summed E-state index contributed by atoms with van der Waals surface area (Å²) >= 11 is 13.7. The van der Waals surface area contributed by atoms with Gasteiger partial charge in [0.15, 0.2) is 5.60 Å². The Balaban J connectivity index is 0.00000552. The molecular formula is C27H29Br4ClN6O7. The van der Waals surface area contributed by atoms with Gasteiger partial charge in [-0.05, 0) is 93.9 Å². The Kier molecular flexibility index (Phi) is 13.9. The van der Waals surface area contributed by atoms with E-state index in [1.54, 1.807) is 30.7 Å². The normalized spacial score (nSPS) is 19.3. The van der Waals surface area contributed by atoms with Crippen LogP contribution in [0.15, 0.2) is 64.7 Å². The van der Waals surface area contributed by atoms with Crippen LogP contribution in [0.5, 0.6) is 5.75 Å². The number of carbonyl (C=O) groups is 2. The second-order valence-corrected chi connectivity index (χ2v) is 13.1. The standard InChI is InChI=1S/C27H28Br4N6O7.ClH/c1-42-23-18(30)10-27(24(38)21(23)31)11-20(37-44-27)26(40)33-4-2-6-43-22-16(28)7-14(8-17(22)29)9-19(36-41)25(39)34-5-3-15-12-32-13-35-15;/h7-8,10,12-13,24,38,41H,2-6,9,11H2,1H3,(H,32,35)(H,33,40)(H,34,39);1H/b36-19+;/t24-,27+;/m1./s1. The number of ether oxygens (including phenoxy) is 2. The van der Waals surface area contributed by atoms with Crippen LogP contribution in [0.4, 0.5) is 0 Å². The lowest BCUT2D eigenvalue weighted by Gasteiger charge is -2.33. The molecule has 2 aromatic rings. The number of aromatic nitrogens is 2. The van der Waals surface area contributed by atoms with E-state index < -0.39 is 23.5 Å². The highest BCUT2D eigenvalue weighted by Crippen LogP contribution is 2.44. The van der Waals surface area contributed by atoms with E-state index in [1.807, 2.05) is 0 Å². The molecule has 2 amide bonds. The number of nitrogens with zero attached hydrogens (tertiary/aromatic N) is 3. The van der Waals surface area contributed by atoms with E-state index in [4.69, 9.17) is 14.3 Å². The summed E-state index contributed by atoms with van der Waals surface area (Å²) in [6, 6.07) is 3.54. The minimum atomic E-state index is -1.23. The van der Waals surface area contributed by atoms with E-state index in [-0.39, 0.29) is 43.3 Å². The number of aromatic amines is 1. The van der Waals surface area contributed by atoms with Crippen molar-refractivity contribution in [1.82, 2.24) is 20.6 Å². The first kappa shape index (κ1) is 37.0. The van der Waals surface area contributed by atoms with Crippen LogP contribution in [0.25, 0.3) is 0 Å². The van der Waals surface area contributed by atoms with Gasteiger partial charge in [-0.15, -0.1) is 12.4 Å². The molecule has 1 aliphatic heterocycles. The van der Waals surface area contributed by atoms with Gasteiger partial charge in [-0.2, -0.15) is 0 Å². The smallest absolute Gasteiger partial charge is 0.269 e. The van der Waals surface area contributed by atoms with Crippen LogP contribution < -0.4 is 15.4 Å². The molecule has 18 heteroatoms. The molecule has 5 N–H and O–H groups in total. The molecule has 2 heterocycles. The number of aliphatic hydroxyl groups is 1. The number of hydrogen-bond acceptors (Lipinski definition) is 10. The van der Waals surface area contributed by atoms with Crippen molar-refractivity contribution < 1.29 is 34.2 Å². The molecule has 1 aromatic heterocycles. The van der Waals surface area contributed by atoms with E-state index in [9.17, 15) is 19.9 Å². The van der Waals surface area contributed by atoms with Crippen LogP contribution in [0.3, 0.4) is 0 Å². The second-order valence-electron chi connectivity index (χ2n) is 9.69. The van der Waals surface area contributed by atoms with Gasteiger partial charge < -0.3 is 40.2 Å². The maximum Gasteiger partial charge on any atom is 0.269 e. The summed E-state index contributed by atoms with van der Waals surface area (Å²) in [6.07, 6.45) is 4.98. The summed E-state index contributed by atoms with van der Waals surface area (Å²) < 4.78 is 13.4. The largest absolute Gasteiger partial charge is 0.495 e. The van der Waals surface area contributed by atoms with Gasteiger partial charge in [-0.3, -0.25) is 9.59 Å². The number of oxime groups is 2. The zero-order chi connectivity index (χ0) is 31.9. The molecule has 0 radical (unpaired) electrons. The lowest BCUT2D eigenvalue weighted by molar-refractivity contribution is -0.115. The summed E-state index contributed by atoms with van der Waals surface area (Å²) in [5.41, 5.74) is 0.480. The number of halogens is 5. The molecular weight excluding hydrogens is 875 g/mol. The van der Waals surface area contributed by atoms with Crippen molar-refractivity contribution in [1.29, 1.82) is 0 Å². The topological polar surface area (TPSA) is 180 Å². The van der Waals surface area contributed by atoms with Crippen LogP contribution in [-0.4, -0.2) is 82.0 Å². The predicted octanol–water partition coefficient (Wildman–Crippen LogP) is 4.39. The quantitative estimate of drug-likeness (QED) is 0.0851. The van der Waals surface area contributed by atoms with Gasteiger partial charge in [0.2, 0.25) is 0 Å². The van der Waals surface area contributed by atoms with Crippen molar-refractivity contribution in [2.45, 2.75) is 37.4 Å². The molecule has 0 bridgehead atoms. The van der Waals surface area contributed by atoms with Crippen LogP contribution in [0.2, 0.25) is 0 Å². The van der Waals surface area contributed by atoms with Crippen LogP contribution in [0, 0.1) is 0 Å². The Morgan fingerprint density at radius 1 is 1.20 bits per heavy atom. The third kappa shape index (κ3) is 9.10. The van der Waals surface area contributed by atoms with Crippen molar-refractivity contribution in [2.75, 3.05) is 26.8 Å². The summed E-state index contributed by atoms with van der Waals surface area (Å²) in [5.74, 6) is 0.0901. The van der Waals surface area contributed by atoms with Crippen LogP contribution in [-0.2, 0) is 32.0 Å². The monoisotopic (exact) mass is 900 g/mol. The molecule has 0 saturated heterocycles. The SMILES string of the molecule is COC1=C(Br)[C@@H](O)[C@]2(C=C1Br)CC(C(=O)NCCCOc1c(Br)cc(C/C(=N\O)C(=O)NCCc3cnc[nH]3)cc1Br)=NO2.Cl. The molecule has 0 saturated carbocycles. The molecule has 13 nitrogen and oxygen atoms in total. The van der Waals surface area contributed by atoms with Crippen molar-refractivity contribution in [3.63, 3.8) is 0 Å². The van der Waals surface area contributed by atoms with Gasteiger partial charge in [0.25, 0.3) is 11.8 Å². The maximum absolute atomic E-state index is 12.7. The Morgan fingerprint density at radius 3 is 2.58 bits per heavy atom. The van der Waals surface area contributed by atoms with Gasteiger partial charge in [0.05, 0.1) is 38.0 Å². The number of aliphatic hydroxyl groups excluding tert-OH is 1. The number of allylic oxidation sites excluding steroid dienone is 1.